The van der Waals surface area contributed by atoms with E-state index in [9.17, 15) is 9.59 Å². The van der Waals surface area contributed by atoms with Crippen molar-refractivity contribution in [1.29, 1.82) is 5.26 Å². The molecule has 4 aliphatic rings. The van der Waals surface area contributed by atoms with E-state index in [1.54, 1.807) is 40.2 Å². The highest BCUT2D eigenvalue weighted by Crippen LogP contribution is 2.60. The number of hydrogen-bond donors (Lipinski definition) is 2. The molecule has 10 heteroatoms. The van der Waals surface area contributed by atoms with Gasteiger partial charge in [-0.3, -0.25) is 4.79 Å². The van der Waals surface area contributed by atoms with E-state index in [-0.39, 0.29) is 22.8 Å². The summed E-state index contributed by atoms with van der Waals surface area (Å²) in [5.41, 5.74) is 5.34. The van der Waals surface area contributed by atoms with Crippen molar-refractivity contribution >= 4 is 18.2 Å². The first kappa shape index (κ1) is 24.1. The molecule has 6 rings (SSSR count). The lowest BCUT2D eigenvalue weighted by Crippen LogP contribution is -2.60. The Balaban J connectivity index is 1.37. The third-order valence-corrected chi connectivity index (χ3v) is 8.16. The van der Waals surface area contributed by atoms with Crippen LogP contribution in [0.15, 0.2) is 30.7 Å². The van der Waals surface area contributed by atoms with Gasteiger partial charge < -0.3 is 15.8 Å². The molecule has 2 atom stereocenters. The van der Waals surface area contributed by atoms with Gasteiger partial charge in [0.2, 0.25) is 0 Å². The number of carbonyl (C=O) groups excluding carboxylic acids is 2. The number of nitrogens with two attached hydrogens (primary N) is 1. The summed E-state index contributed by atoms with van der Waals surface area (Å²) in [7, 11) is 0. The molecule has 4 bridgehead atoms. The number of nitrogens with one attached hydrogen (secondary N) is 1. The van der Waals surface area contributed by atoms with E-state index < -0.39 is 6.09 Å². The molecule has 3 N–H and O–H groups in total. The average Bonchev–Trinajstić information content (AvgIpc) is 3.48. The first-order chi connectivity index (χ1) is 17.2. The molecule has 0 aliphatic heterocycles. The molecule has 2 amide bonds. The lowest BCUT2D eigenvalue weighted by atomic mass is 9.48. The molecule has 4 saturated carbocycles. The molecule has 4 aliphatic carbocycles. The number of rotatable bonds is 8. The van der Waals surface area contributed by atoms with Crippen LogP contribution in [0.4, 0.5) is 4.79 Å². The van der Waals surface area contributed by atoms with Crippen molar-refractivity contribution in [2.24, 2.45) is 34.3 Å². The molecule has 190 valence electrons. The minimum atomic E-state index is -0.719. The molecule has 4 fully saturated rings. The number of primary amides is 1. The van der Waals surface area contributed by atoms with Gasteiger partial charge in [0.1, 0.15) is 5.56 Å². The number of allylic oxidation sites excluding steroid dienone is 1. The largest absolute Gasteiger partial charge is 0.449 e. The van der Waals surface area contributed by atoms with Crippen LogP contribution in [-0.4, -0.2) is 44.2 Å². The highest BCUT2D eigenvalue weighted by atomic mass is 16.5. The third kappa shape index (κ3) is 4.62. The third-order valence-electron chi connectivity index (χ3n) is 8.16. The van der Waals surface area contributed by atoms with Gasteiger partial charge in [-0.1, -0.05) is 19.9 Å². The van der Waals surface area contributed by atoms with Gasteiger partial charge in [0.15, 0.2) is 5.82 Å². The molecule has 2 heterocycles. The molecular formula is C26H33N7O3. The van der Waals surface area contributed by atoms with E-state index in [1.807, 2.05) is 19.9 Å². The molecule has 0 saturated heterocycles. The van der Waals surface area contributed by atoms with Crippen LogP contribution in [0.5, 0.6) is 0 Å². The second-order valence-corrected chi connectivity index (χ2v) is 11.5. The van der Waals surface area contributed by atoms with Crippen molar-refractivity contribution in [2.75, 3.05) is 6.61 Å². The van der Waals surface area contributed by atoms with Crippen molar-refractivity contribution in [3.05, 3.63) is 36.3 Å². The predicted molar refractivity (Wildman–Crippen MR) is 131 cm³/mol. The fraction of sp³-hybridized carbons (Fsp3) is 0.577. The van der Waals surface area contributed by atoms with Gasteiger partial charge in [-0.25, -0.2) is 14.2 Å². The molecule has 0 radical (unpaired) electrons. The van der Waals surface area contributed by atoms with E-state index in [4.69, 9.17) is 15.7 Å². The Labute approximate surface area is 210 Å². The highest BCUT2D eigenvalue weighted by Gasteiger charge is 2.56. The zero-order valence-corrected chi connectivity index (χ0v) is 20.8. The van der Waals surface area contributed by atoms with Crippen LogP contribution in [0.3, 0.4) is 0 Å². The summed E-state index contributed by atoms with van der Waals surface area (Å²) in [6.07, 6.45) is 13.5. The molecule has 2 aromatic heterocycles. The standard InChI is InChI=1S/C26H33N7O3/c1-25(2,4-6-27)5-9-33-23(32-8-3-7-29-32)20(15-30-33)22(34)31-21-18-10-17-11-19(21)14-26(12-17,13-18)16-36-24(28)35/h3,5,7-9,15,17-19,21H,4,10-14,16H2,1-2H3,(H2,28,35)(H,31,34)/b9-5+. The summed E-state index contributed by atoms with van der Waals surface area (Å²) >= 11 is 0. The van der Waals surface area contributed by atoms with Gasteiger partial charge in [-0.05, 0) is 61.3 Å². The van der Waals surface area contributed by atoms with Crippen LogP contribution >= 0.6 is 0 Å². The SMILES string of the molecule is CC(C)(/C=C/n1ncc(C(=O)NC2C3CC4CC2CC(COC(N)=O)(C4)C3)c1-n1cccn1)CC#N. The van der Waals surface area contributed by atoms with Crippen LogP contribution < -0.4 is 11.1 Å². The minimum absolute atomic E-state index is 0.0150. The number of hydrogen-bond acceptors (Lipinski definition) is 6. The van der Waals surface area contributed by atoms with E-state index in [2.05, 4.69) is 21.6 Å². The summed E-state index contributed by atoms with van der Waals surface area (Å²) in [4.78, 5) is 24.8. The molecule has 0 aromatic carbocycles. The van der Waals surface area contributed by atoms with Gasteiger partial charge >= 0.3 is 6.09 Å². The first-order valence-electron chi connectivity index (χ1n) is 12.6. The lowest BCUT2D eigenvalue weighted by molar-refractivity contribution is -0.0977. The van der Waals surface area contributed by atoms with E-state index in [0.717, 1.165) is 32.1 Å². The fourth-order valence-electron chi connectivity index (χ4n) is 6.84. The van der Waals surface area contributed by atoms with Crippen molar-refractivity contribution in [3.63, 3.8) is 0 Å². The number of carbonyl (C=O) groups is 2. The highest BCUT2D eigenvalue weighted by molar-refractivity contribution is 5.97. The molecule has 0 spiro atoms. The van der Waals surface area contributed by atoms with Crippen LogP contribution in [0, 0.1) is 39.9 Å². The number of aromatic nitrogens is 4. The number of amides is 2. The molecular weight excluding hydrogens is 458 g/mol. The van der Waals surface area contributed by atoms with Crippen molar-refractivity contribution in [1.82, 2.24) is 24.9 Å². The maximum Gasteiger partial charge on any atom is 0.404 e. The smallest absolute Gasteiger partial charge is 0.404 e. The van der Waals surface area contributed by atoms with Gasteiger partial charge in [0.05, 0.1) is 18.9 Å². The quantitative estimate of drug-likeness (QED) is 0.579. The Morgan fingerprint density at radius 3 is 2.69 bits per heavy atom. The first-order valence-corrected chi connectivity index (χ1v) is 12.6. The van der Waals surface area contributed by atoms with Crippen LogP contribution in [-0.2, 0) is 4.74 Å². The summed E-state index contributed by atoms with van der Waals surface area (Å²) in [6, 6.07) is 4.08. The summed E-state index contributed by atoms with van der Waals surface area (Å²) < 4.78 is 8.51. The molecule has 2 aromatic rings. The zero-order valence-electron chi connectivity index (χ0n) is 20.8. The van der Waals surface area contributed by atoms with Gasteiger partial charge in [0, 0.05) is 36.5 Å². The maximum atomic E-state index is 13.6. The second-order valence-electron chi connectivity index (χ2n) is 11.5. The van der Waals surface area contributed by atoms with Crippen molar-refractivity contribution < 1.29 is 14.3 Å². The Bertz CT molecular complexity index is 1190. The summed E-state index contributed by atoms with van der Waals surface area (Å²) in [5.74, 6) is 1.70. The Morgan fingerprint density at radius 1 is 1.31 bits per heavy atom. The van der Waals surface area contributed by atoms with Crippen molar-refractivity contribution in [3.8, 4) is 11.9 Å². The number of nitrogens with zero attached hydrogens (tertiary/aromatic N) is 5. The van der Waals surface area contributed by atoms with Crippen LogP contribution in [0.2, 0.25) is 0 Å². The van der Waals surface area contributed by atoms with Gasteiger partial charge in [-0.2, -0.15) is 15.5 Å². The fourth-order valence-corrected chi connectivity index (χ4v) is 6.84. The van der Waals surface area contributed by atoms with Gasteiger partial charge in [0.25, 0.3) is 5.91 Å². The monoisotopic (exact) mass is 491 g/mol. The van der Waals surface area contributed by atoms with E-state index in [0.29, 0.717) is 42.2 Å². The zero-order chi connectivity index (χ0) is 25.5. The predicted octanol–water partition coefficient (Wildman–Crippen LogP) is 3.50. The van der Waals surface area contributed by atoms with Crippen LogP contribution in [0.25, 0.3) is 12.0 Å². The van der Waals surface area contributed by atoms with Crippen molar-refractivity contribution in [2.45, 2.75) is 58.4 Å². The van der Waals surface area contributed by atoms with Gasteiger partial charge in [-0.15, -0.1) is 0 Å². The Kier molecular flexibility index (Phi) is 6.10. The molecule has 10 nitrogen and oxygen atoms in total. The Morgan fingerprint density at radius 2 is 2.06 bits per heavy atom. The summed E-state index contributed by atoms with van der Waals surface area (Å²) in [5, 5.41) is 21.2. The van der Waals surface area contributed by atoms with Crippen LogP contribution in [0.1, 0.15) is 62.7 Å². The molecule has 36 heavy (non-hydrogen) atoms. The van der Waals surface area contributed by atoms with E-state index in [1.165, 1.54) is 0 Å². The lowest BCUT2D eigenvalue weighted by Gasteiger charge is -2.59. The normalized spacial score (nSPS) is 28.8. The second kappa shape index (κ2) is 9.12. The number of nitriles is 1. The molecule has 2 unspecified atom stereocenters. The average molecular weight is 492 g/mol. The number of ether oxygens (including phenoxy) is 1. The minimum Gasteiger partial charge on any atom is -0.449 e. The topological polar surface area (TPSA) is 141 Å². The Hall–Kier alpha value is -3.61. The van der Waals surface area contributed by atoms with E-state index >= 15 is 0 Å². The maximum absolute atomic E-state index is 13.6. The summed E-state index contributed by atoms with van der Waals surface area (Å²) in [6.45, 7) is 4.33.